The Morgan fingerprint density at radius 1 is 1.47 bits per heavy atom. The van der Waals surface area contributed by atoms with Gasteiger partial charge in [0.1, 0.15) is 5.69 Å². The zero-order chi connectivity index (χ0) is 11.8. The van der Waals surface area contributed by atoms with Crippen LogP contribution in [-0.4, -0.2) is 32.2 Å². The van der Waals surface area contributed by atoms with Crippen LogP contribution in [0.15, 0.2) is 18.2 Å². The van der Waals surface area contributed by atoms with E-state index >= 15 is 0 Å². The number of rotatable bonds is 2. The molecule has 2 aromatic rings. The first-order valence-electron chi connectivity index (χ1n) is 5.58. The second kappa shape index (κ2) is 3.81. The normalized spacial score (nSPS) is 19.9. The Morgan fingerprint density at radius 3 is 3.06 bits per heavy atom. The fourth-order valence-electron chi connectivity index (χ4n) is 2.26. The average Bonchev–Trinajstić information content (AvgIpc) is 2.96. The van der Waals surface area contributed by atoms with Crippen molar-refractivity contribution in [3.63, 3.8) is 0 Å². The predicted molar refractivity (Wildman–Crippen MR) is 59.9 cm³/mol. The number of hydrogen-bond donors (Lipinski definition) is 2. The maximum Gasteiger partial charge on any atom is 0.352 e. The molecule has 1 atom stereocenters. The first-order valence-corrected chi connectivity index (χ1v) is 5.58. The van der Waals surface area contributed by atoms with Gasteiger partial charge in [-0.25, -0.2) is 4.79 Å². The van der Waals surface area contributed by atoms with E-state index in [2.05, 4.69) is 15.5 Å². The third-order valence-electron chi connectivity index (χ3n) is 3.04. The number of carboxylic acids is 1. The Labute approximate surface area is 97.3 Å². The van der Waals surface area contributed by atoms with Crippen molar-refractivity contribution < 1.29 is 9.90 Å². The van der Waals surface area contributed by atoms with Gasteiger partial charge in [0.15, 0.2) is 11.5 Å². The van der Waals surface area contributed by atoms with Gasteiger partial charge in [0.2, 0.25) is 0 Å². The molecule has 88 valence electrons. The van der Waals surface area contributed by atoms with Crippen molar-refractivity contribution in [3.05, 3.63) is 29.7 Å². The number of nitrogens with zero attached hydrogens (tertiary/aromatic N) is 3. The van der Waals surface area contributed by atoms with Gasteiger partial charge in [0, 0.05) is 0 Å². The molecule has 6 heteroatoms. The summed E-state index contributed by atoms with van der Waals surface area (Å²) in [4.78, 5) is 11.2. The molecule has 2 aromatic heterocycles. The van der Waals surface area contributed by atoms with Gasteiger partial charge in [0.05, 0.1) is 6.04 Å². The Balaban J connectivity index is 2.21. The van der Waals surface area contributed by atoms with Gasteiger partial charge >= 0.3 is 5.97 Å². The van der Waals surface area contributed by atoms with Crippen LogP contribution in [0.5, 0.6) is 0 Å². The monoisotopic (exact) mass is 232 g/mol. The van der Waals surface area contributed by atoms with Crippen LogP contribution in [0.25, 0.3) is 5.65 Å². The highest BCUT2D eigenvalue weighted by molar-refractivity contribution is 5.86. The van der Waals surface area contributed by atoms with Crippen LogP contribution >= 0.6 is 0 Å². The standard InChI is InChI=1S/C11H12N4O2/c16-11(17)8-4-1-5-9-13-14-10(15(8)9)7-3-2-6-12-7/h1,4-5,7,12H,2-3,6H2,(H,16,17). The number of hydrogen-bond acceptors (Lipinski definition) is 4. The molecule has 1 unspecified atom stereocenters. The van der Waals surface area contributed by atoms with Gasteiger partial charge in [0.25, 0.3) is 0 Å². The van der Waals surface area contributed by atoms with Crippen LogP contribution in [0, 0.1) is 0 Å². The molecule has 1 aliphatic rings. The number of carboxylic acid groups (broad SMARTS) is 1. The lowest BCUT2D eigenvalue weighted by molar-refractivity contribution is 0.0688. The van der Waals surface area contributed by atoms with E-state index < -0.39 is 5.97 Å². The summed E-state index contributed by atoms with van der Waals surface area (Å²) in [6.07, 6.45) is 2.05. The molecule has 3 rings (SSSR count). The molecule has 0 saturated carbocycles. The van der Waals surface area contributed by atoms with Crippen LogP contribution in [0.2, 0.25) is 0 Å². The van der Waals surface area contributed by atoms with Crippen LogP contribution in [0.1, 0.15) is 35.2 Å². The van der Waals surface area contributed by atoms with Crippen LogP contribution in [0.3, 0.4) is 0 Å². The maximum atomic E-state index is 11.2. The molecular weight excluding hydrogens is 220 g/mol. The van der Waals surface area contributed by atoms with Gasteiger partial charge in [-0.05, 0) is 31.5 Å². The van der Waals surface area contributed by atoms with Gasteiger partial charge in [-0.2, -0.15) is 0 Å². The second-order valence-electron chi connectivity index (χ2n) is 4.12. The number of fused-ring (bicyclic) bond motifs is 1. The van der Waals surface area contributed by atoms with Crippen molar-refractivity contribution in [3.8, 4) is 0 Å². The SMILES string of the molecule is O=C(O)c1cccc2nnc(C3CCCN3)n12. The number of nitrogens with one attached hydrogen (secondary N) is 1. The smallest absolute Gasteiger partial charge is 0.352 e. The highest BCUT2D eigenvalue weighted by Crippen LogP contribution is 2.22. The number of carbonyl (C=O) groups is 1. The van der Waals surface area contributed by atoms with E-state index in [9.17, 15) is 9.90 Å². The Hall–Kier alpha value is -1.95. The lowest BCUT2D eigenvalue weighted by atomic mass is 10.2. The van der Waals surface area contributed by atoms with Crippen molar-refractivity contribution in [1.82, 2.24) is 19.9 Å². The summed E-state index contributed by atoms with van der Waals surface area (Å²) in [5.74, 6) is -0.273. The van der Waals surface area contributed by atoms with Gasteiger partial charge in [-0.3, -0.25) is 4.40 Å². The molecule has 0 bridgehead atoms. The zero-order valence-corrected chi connectivity index (χ0v) is 9.13. The summed E-state index contributed by atoms with van der Waals surface area (Å²) in [5.41, 5.74) is 0.782. The zero-order valence-electron chi connectivity index (χ0n) is 9.13. The minimum Gasteiger partial charge on any atom is -0.477 e. The molecule has 0 aromatic carbocycles. The van der Waals surface area contributed by atoms with Gasteiger partial charge in [-0.1, -0.05) is 6.07 Å². The van der Waals surface area contributed by atoms with Crippen LogP contribution < -0.4 is 5.32 Å². The summed E-state index contributed by atoms with van der Waals surface area (Å²) < 4.78 is 1.62. The summed E-state index contributed by atoms with van der Waals surface area (Å²) in [7, 11) is 0. The number of pyridine rings is 1. The summed E-state index contributed by atoms with van der Waals surface area (Å²) in [5, 5.41) is 20.6. The van der Waals surface area contributed by atoms with Crippen LogP contribution in [0.4, 0.5) is 0 Å². The molecule has 0 radical (unpaired) electrons. The van der Waals surface area contributed by atoms with Crippen molar-refractivity contribution >= 4 is 11.6 Å². The van der Waals surface area contributed by atoms with E-state index in [1.54, 1.807) is 22.6 Å². The first-order chi connectivity index (χ1) is 8.27. The fraction of sp³-hybridized carbons (Fsp3) is 0.364. The van der Waals surface area contributed by atoms with Crippen molar-refractivity contribution in [2.45, 2.75) is 18.9 Å². The first kappa shape index (κ1) is 10.2. The molecule has 3 heterocycles. The minimum atomic E-state index is -0.963. The highest BCUT2D eigenvalue weighted by Gasteiger charge is 2.23. The van der Waals surface area contributed by atoms with Gasteiger partial charge in [-0.15, -0.1) is 10.2 Å². The molecule has 0 aliphatic carbocycles. The van der Waals surface area contributed by atoms with E-state index in [4.69, 9.17) is 0 Å². The second-order valence-corrected chi connectivity index (χ2v) is 4.12. The Kier molecular flexibility index (Phi) is 2.29. The molecule has 1 saturated heterocycles. The molecular formula is C11H12N4O2. The molecule has 6 nitrogen and oxygen atoms in total. The van der Waals surface area contributed by atoms with E-state index in [0.717, 1.165) is 19.4 Å². The summed E-state index contributed by atoms with van der Waals surface area (Å²) >= 11 is 0. The molecule has 1 aliphatic heterocycles. The molecule has 2 N–H and O–H groups in total. The highest BCUT2D eigenvalue weighted by atomic mass is 16.4. The summed E-state index contributed by atoms with van der Waals surface area (Å²) in [6, 6.07) is 5.11. The lowest BCUT2D eigenvalue weighted by Crippen LogP contribution is -2.18. The Bertz CT molecular complexity index is 572. The van der Waals surface area contributed by atoms with Gasteiger partial charge < -0.3 is 10.4 Å². The van der Waals surface area contributed by atoms with Crippen molar-refractivity contribution in [1.29, 1.82) is 0 Å². The summed E-state index contributed by atoms with van der Waals surface area (Å²) in [6.45, 7) is 0.939. The van der Waals surface area contributed by atoms with Crippen LogP contribution in [-0.2, 0) is 0 Å². The number of aromatic nitrogens is 3. The molecule has 1 fully saturated rings. The van der Waals surface area contributed by atoms with E-state index in [-0.39, 0.29) is 11.7 Å². The van der Waals surface area contributed by atoms with E-state index in [1.807, 2.05) is 0 Å². The number of aromatic carboxylic acids is 1. The van der Waals surface area contributed by atoms with Crippen molar-refractivity contribution in [2.24, 2.45) is 0 Å². The van der Waals surface area contributed by atoms with E-state index in [1.165, 1.54) is 0 Å². The largest absolute Gasteiger partial charge is 0.477 e. The third-order valence-corrected chi connectivity index (χ3v) is 3.04. The Morgan fingerprint density at radius 2 is 2.35 bits per heavy atom. The maximum absolute atomic E-state index is 11.2. The average molecular weight is 232 g/mol. The van der Waals surface area contributed by atoms with E-state index in [0.29, 0.717) is 11.5 Å². The topological polar surface area (TPSA) is 79.5 Å². The molecule has 17 heavy (non-hydrogen) atoms. The third kappa shape index (κ3) is 1.57. The molecule has 0 spiro atoms. The predicted octanol–water partition coefficient (Wildman–Crippen LogP) is 0.852. The fourth-order valence-corrected chi connectivity index (χ4v) is 2.26. The lowest BCUT2D eigenvalue weighted by Gasteiger charge is -2.09. The van der Waals surface area contributed by atoms with Crippen molar-refractivity contribution in [2.75, 3.05) is 6.54 Å². The minimum absolute atomic E-state index is 0.102. The quantitative estimate of drug-likeness (QED) is 0.802. The molecule has 0 amide bonds.